The molecule has 0 radical (unpaired) electrons. The van der Waals surface area contributed by atoms with Crippen LogP contribution in [0.5, 0.6) is 0 Å². The van der Waals surface area contributed by atoms with Gasteiger partial charge in [0.2, 0.25) is 0 Å². The standard InChI is InChI=1S/C12H14BrNO3S/c1-18-6-5-10(12(16)17)14-11(15)8-3-2-4-9(13)7-8/h2-4,7,10H,5-6H2,1H3,(H,14,15)(H,16,17). The second-order valence-electron chi connectivity index (χ2n) is 3.66. The Morgan fingerprint density at radius 1 is 1.50 bits per heavy atom. The number of benzene rings is 1. The SMILES string of the molecule is CSCCC(NC(=O)c1cccc(Br)c1)C(=O)O. The zero-order valence-electron chi connectivity index (χ0n) is 9.85. The Morgan fingerprint density at radius 2 is 2.22 bits per heavy atom. The van der Waals surface area contributed by atoms with Crippen LogP contribution >= 0.6 is 27.7 Å². The van der Waals surface area contributed by atoms with Crippen LogP contribution in [0.2, 0.25) is 0 Å². The average molecular weight is 332 g/mol. The van der Waals surface area contributed by atoms with Crippen LogP contribution in [0.4, 0.5) is 0 Å². The first kappa shape index (κ1) is 15.0. The van der Waals surface area contributed by atoms with Crippen LogP contribution in [0.1, 0.15) is 16.8 Å². The molecule has 4 nitrogen and oxygen atoms in total. The summed E-state index contributed by atoms with van der Waals surface area (Å²) in [6.07, 6.45) is 2.31. The minimum absolute atomic E-state index is 0.371. The summed E-state index contributed by atoms with van der Waals surface area (Å²) in [4.78, 5) is 22.9. The maximum atomic E-state index is 11.9. The predicted molar refractivity (Wildman–Crippen MR) is 76.0 cm³/mol. The van der Waals surface area contributed by atoms with Crippen molar-refractivity contribution in [1.29, 1.82) is 0 Å². The number of carbonyl (C=O) groups is 2. The molecule has 0 heterocycles. The summed E-state index contributed by atoms with van der Waals surface area (Å²) >= 11 is 4.82. The maximum absolute atomic E-state index is 11.9. The topological polar surface area (TPSA) is 66.4 Å². The molecule has 2 N–H and O–H groups in total. The Labute approximate surface area is 118 Å². The fourth-order valence-electron chi connectivity index (χ4n) is 1.36. The van der Waals surface area contributed by atoms with Gasteiger partial charge in [0.15, 0.2) is 0 Å². The minimum Gasteiger partial charge on any atom is -0.480 e. The molecule has 1 aromatic rings. The highest BCUT2D eigenvalue weighted by atomic mass is 79.9. The Bertz CT molecular complexity index is 439. The van der Waals surface area contributed by atoms with Crippen molar-refractivity contribution in [1.82, 2.24) is 5.32 Å². The predicted octanol–water partition coefficient (Wildman–Crippen LogP) is 2.39. The van der Waals surface area contributed by atoms with Crippen molar-refractivity contribution in [2.45, 2.75) is 12.5 Å². The highest BCUT2D eigenvalue weighted by molar-refractivity contribution is 9.10. The molecule has 0 aliphatic rings. The lowest BCUT2D eigenvalue weighted by Gasteiger charge is -2.14. The Kier molecular flexibility index (Phi) is 6.21. The van der Waals surface area contributed by atoms with Gasteiger partial charge in [0, 0.05) is 10.0 Å². The van der Waals surface area contributed by atoms with Crippen LogP contribution in [0.15, 0.2) is 28.7 Å². The van der Waals surface area contributed by atoms with Crippen molar-refractivity contribution in [3.63, 3.8) is 0 Å². The molecule has 1 atom stereocenters. The number of carboxylic acid groups (broad SMARTS) is 1. The molecule has 0 spiro atoms. The molecule has 0 bridgehead atoms. The van der Waals surface area contributed by atoms with Crippen LogP contribution in [0, 0.1) is 0 Å². The number of thioether (sulfide) groups is 1. The van der Waals surface area contributed by atoms with Gasteiger partial charge in [-0.1, -0.05) is 22.0 Å². The van der Waals surface area contributed by atoms with E-state index in [1.54, 1.807) is 36.0 Å². The van der Waals surface area contributed by atoms with Crippen molar-refractivity contribution in [2.75, 3.05) is 12.0 Å². The van der Waals surface area contributed by atoms with Crippen LogP contribution in [0.25, 0.3) is 0 Å². The molecule has 1 rings (SSSR count). The van der Waals surface area contributed by atoms with Gasteiger partial charge in [0.1, 0.15) is 6.04 Å². The van der Waals surface area contributed by atoms with E-state index in [4.69, 9.17) is 5.11 Å². The van der Waals surface area contributed by atoms with Gasteiger partial charge in [-0.3, -0.25) is 4.79 Å². The first-order valence-corrected chi connectivity index (χ1v) is 7.51. The van der Waals surface area contributed by atoms with E-state index in [9.17, 15) is 9.59 Å². The summed E-state index contributed by atoms with van der Waals surface area (Å²) in [5.41, 5.74) is 0.444. The van der Waals surface area contributed by atoms with Crippen LogP contribution in [-0.4, -0.2) is 35.0 Å². The molecule has 1 aromatic carbocycles. The number of hydrogen-bond acceptors (Lipinski definition) is 3. The first-order chi connectivity index (χ1) is 8.54. The number of rotatable bonds is 6. The fraction of sp³-hybridized carbons (Fsp3) is 0.333. The van der Waals surface area contributed by atoms with E-state index in [-0.39, 0.29) is 5.91 Å². The van der Waals surface area contributed by atoms with Crippen molar-refractivity contribution in [2.24, 2.45) is 0 Å². The molecule has 18 heavy (non-hydrogen) atoms. The third-order valence-corrected chi connectivity index (χ3v) is 3.44. The Hall–Kier alpha value is -1.01. The van der Waals surface area contributed by atoms with Gasteiger partial charge >= 0.3 is 5.97 Å². The van der Waals surface area contributed by atoms with Gasteiger partial charge in [-0.15, -0.1) is 0 Å². The lowest BCUT2D eigenvalue weighted by molar-refractivity contribution is -0.139. The van der Waals surface area contributed by atoms with E-state index in [1.165, 1.54) is 0 Å². The summed E-state index contributed by atoms with van der Waals surface area (Å²) < 4.78 is 0.783. The van der Waals surface area contributed by atoms with E-state index in [0.717, 1.165) is 4.47 Å². The number of carbonyl (C=O) groups excluding carboxylic acids is 1. The zero-order valence-corrected chi connectivity index (χ0v) is 12.3. The summed E-state index contributed by atoms with van der Waals surface area (Å²) in [5.74, 6) is -0.687. The molecule has 0 saturated carbocycles. The van der Waals surface area contributed by atoms with Gasteiger partial charge in [0.05, 0.1) is 0 Å². The molecular formula is C12H14BrNO3S. The van der Waals surface area contributed by atoms with E-state index in [0.29, 0.717) is 17.7 Å². The lowest BCUT2D eigenvalue weighted by atomic mass is 10.1. The number of nitrogens with one attached hydrogen (secondary N) is 1. The first-order valence-electron chi connectivity index (χ1n) is 5.32. The third-order valence-electron chi connectivity index (χ3n) is 2.30. The molecule has 1 unspecified atom stereocenters. The zero-order chi connectivity index (χ0) is 13.5. The van der Waals surface area contributed by atoms with Crippen molar-refractivity contribution < 1.29 is 14.7 Å². The number of carboxylic acids is 1. The summed E-state index contributed by atoms with van der Waals surface area (Å²) in [5, 5.41) is 11.5. The maximum Gasteiger partial charge on any atom is 0.326 e. The van der Waals surface area contributed by atoms with E-state index in [1.807, 2.05) is 6.26 Å². The number of amides is 1. The van der Waals surface area contributed by atoms with E-state index < -0.39 is 12.0 Å². The fourth-order valence-corrected chi connectivity index (χ4v) is 2.24. The minimum atomic E-state index is -1.01. The average Bonchev–Trinajstić information content (AvgIpc) is 2.33. The smallest absolute Gasteiger partial charge is 0.326 e. The molecule has 98 valence electrons. The molecular weight excluding hydrogens is 318 g/mol. The molecule has 0 saturated heterocycles. The second-order valence-corrected chi connectivity index (χ2v) is 5.56. The Balaban J connectivity index is 2.69. The van der Waals surface area contributed by atoms with Gasteiger partial charge < -0.3 is 10.4 Å². The molecule has 1 amide bonds. The number of aliphatic carboxylic acids is 1. The molecule has 0 aliphatic carbocycles. The summed E-state index contributed by atoms with van der Waals surface area (Å²) in [6.45, 7) is 0. The van der Waals surface area contributed by atoms with E-state index in [2.05, 4.69) is 21.2 Å². The molecule has 6 heteroatoms. The van der Waals surface area contributed by atoms with Crippen LogP contribution < -0.4 is 5.32 Å². The monoisotopic (exact) mass is 331 g/mol. The molecule has 0 aromatic heterocycles. The number of hydrogen-bond donors (Lipinski definition) is 2. The van der Waals surface area contributed by atoms with Crippen molar-refractivity contribution in [3.05, 3.63) is 34.3 Å². The summed E-state index contributed by atoms with van der Waals surface area (Å²) in [7, 11) is 0. The Morgan fingerprint density at radius 3 is 2.78 bits per heavy atom. The normalized spacial score (nSPS) is 11.9. The van der Waals surface area contributed by atoms with Gasteiger partial charge in [0.25, 0.3) is 5.91 Å². The second kappa shape index (κ2) is 7.43. The largest absolute Gasteiger partial charge is 0.480 e. The van der Waals surface area contributed by atoms with Gasteiger partial charge in [-0.25, -0.2) is 4.79 Å². The van der Waals surface area contributed by atoms with Crippen LogP contribution in [-0.2, 0) is 4.79 Å². The van der Waals surface area contributed by atoms with Crippen molar-refractivity contribution in [3.8, 4) is 0 Å². The van der Waals surface area contributed by atoms with Crippen LogP contribution in [0.3, 0.4) is 0 Å². The van der Waals surface area contributed by atoms with E-state index >= 15 is 0 Å². The van der Waals surface area contributed by atoms with Gasteiger partial charge in [-0.05, 0) is 36.6 Å². The highest BCUT2D eigenvalue weighted by Crippen LogP contribution is 2.12. The lowest BCUT2D eigenvalue weighted by Crippen LogP contribution is -2.41. The number of halogens is 1. The van der Waals surface area contributed by atoms with Crippen molar-refractivity contribution >= 4 is 39.6 Å². The van der Waals surface area contributed by atoms with Gasteiger partial charge in [-0.2, -0.15) is 11.8 Å². The molecule has 0 aliphatic heterocycles. The quantitative estimate of drug-likeness (QED) is 0.839. The third kappa shape index (κ3) is 4.70. The molecule has 0 fully saturated rings. The highest BCUT2D eigenvalue weighted by Gasteiger charge is 2.20. The summed E-state index contributed by atoms with van der Waals surface area (Å²) in [6, 6.07) is 6.00.